The Bertz CT molecular complexity index is 578. The average molecular weight is 262 g/mol. The van der Waals surface area contributed by atoms with Crippen LogP contribution in [-0.4, -0.2) is 20.1 Å². The number of aryl methyl sites for hydroxylation is 1. The second-order valence-corrected chi connectivity index (χ2v) is 4.68. The van der Waals surface area contributed by atoms with E-state index in [0.29, 0.717) is 29.9 Å². The number of rotatable bonds is 4. The number of hydrogen-bond acceptors (Lipinski definition) is 7. The molecule has 0 amide bonds. The second kappa shape index (κ2) is 5.21. The van der Waals surface area contributed by atoms with E-state index in [0.717, 1.165) is 11.4 Å². The molecule has 0 aliphatic rings. The maximum Gasteiger partial charge on any atom is 0.223 e. The van der Waals surface area contributed by atoms with E-state index in [1.165, 1.54) is 0 Å². The van der Waals surface area contributed by atoms with Gasteiger partial charge in [0.25, 0.3) is 0 Å². The number of aromatic nitrogens is 4. The summed E-state index contributed by atoms with van der Waals surface area (Å²) in [6.07, 6.45) is 0. The smallest absolute Gasteiger partial charge is 0.223 e. The highest BCUT2D eigenvalue weighted by atomic mass is 16.5. The van der Waals surface area contributed by atoms with Gasteiger partial charge < -0.3 is 15.6 Å². The van der Waals surface area contributed by atoms with Crippen LogP contribution in [0.3, 0.4) is 0 Å². The lowest BCUT2D eigenvalue weighted by molar-refractivity contribution is 0.388. The first-order valence-corrected chi connectivity index (χ1v) is 6.14. The van der Waals surface area contributed by atoms with Gasteiger partial charge in [-0.25, -0.2) is 9.97 Å². The van der Waals surface area contributed by atoms with Crippen LogP contribution in [0, 0.1) is 13.8 Å². The average Bonchev–Trinajstić information content (AvgIpc) is 2.76. The van der Waals surface area contributed by atoms with Crippen molar-refractivity contribution in [1.82, 2.24) is 20.1 Å². The van der Waals surface area contributed by atoms with Gasteiger partial charge in [-0.05, 0) is 6.92 Å². The lowest BCUT2D eigenvalue weighted by atomic mass is 10.2. The number of nitrogens with two attached hydrogens (primary N) is 1. The molecule has 7 heteroatoms. The Morgan fingerprint density at radius 2 is 1.95 bits per heavy atom. The standard InChI is InChI=1S/C12H18N6O/c1-6(2)11-16-10(13)7(3)12(17-11)14-5-9-15-8(4)19-18-9/h6H,5H2,1-4H3,(H3,13,14,16,17). The molecule has 3 N–H and O–H groups in total. The Hall–Kier alpha value is -2.18. The summed E-state index contributed by atoms with van der Waals surface area (Å²) < 4.78 is 4.91. The maximum absolute atomic E-state index is 5.89. The molecule has 0 aromatic carbocycles. The number of anilines is 2. The van der Waals surface area contributed by atoms with Crippen molar-refractivity contribution in [3.05, 3.63) is 23.1 Å². The minimum Gasteiger partial charge on any atom is -0.383 e. The zero-order valence-corrected chi connectivity index (χ0v) is 11.6. The number of nitrogens with zero attached hydrogens (tertiary/aromatic N) is 4. The van der Waals surface area contributed by atoms with Crippen molar-refractivity contribution in [3.8, 4) is 0 Å². The first-order chi connectivity index (χ1) is 8.97. The Labute approximate surface area is 111 Å². The number of hydrogen-bond donors (Lipinski definition) is 2. The molecule has 0 fully saturated rings. The highest BCUT2D eigenvalue weighted by molar-refractivity contribution is 5.54. The van der Waals surface area contributed by atoms with Gasteiger partial charge in [-0.15, -0.1) is 0 Å². The predicted octanol–water partition coefficient (Wildman–Crippen LogP) is 1.79. The van der Waals surface area contributed by atoms with E-state index < -0.39 is 0 Å². The van der Waals surface area contributed by atoms with Crippen molar-refractivity contribution in [2.24, 2.45) is 0 Å². The molecule has 0 aliphatic heterocycles. The molecule has 2 heterocycles. The van der Waals surface area contributed by atoms with Crippen molar-refractivity contribution in [2.75, 3.05) is 11.1 Å². The maximum atomic E-state index is 5.89. The van der Waals surface area contributed by atoms with Gasteiger partial charge in [-0.2, -0.15) is 4.98 Å². The van der Waals surface area contributed by atoms with Crippen LogP contribution < -0.4 is 11.1 Å². The van der Waals surface area contributed by atoms with E-state index in [1.807, 2.05) is 20.8 Å². The van der Waals surface area contributed by atoms with Crippen molar-refractivity contribution < 1.29 is 4.52 Å². The molecule has 0 spiro atoms. The molecule has 19 heavy (non-hydrogen) atoms. The van der Waals surface area contributed by atoms with Crippen molar-refractivity contribution in [3.63, 3.8) is 0 Å². The molecule has 2 aromatic rings. The highest BCUT2D eigenvalue weighted by Gasteiger charge is 2.12. The van der Waals surface area contributed by atoms with Gasteiger partial charge in [0.2, 0.25) is 5.89 Å². The van der Waals surface area contributed by atoms with Crippen LogP contribution in [-0.2, 0) is 6.54 Å². The molecule has 2 aromatic heterocycles. The van der Waals surface area contributed by atoms with Crippen LogP contribution in [0.5, 0.6) is 0 Å². The van der Waals surface area contributed by atoms with E-state index >= 15 is 0 Å². The summed E-state index contributed by atoms with van der Waals surface area (Å²) in [6.45, 7) is 8.11. The monoisotopic (exact) mass is 262 g/mol. The summed E-state index contributed by atoms with van der Waals surface area (Å²) in [6, 6.07) is 0. The topological polar surface area (TPSA) is 103 Å². The SMILES string of the molecule is Cc1nc(CNc2nc(C(C)C)nc(N)c2C)no1. The van der Waals surface area contributed by atoms with E-state index in [-0.39, 0.29) is 5.92 Å². The third-order valence-electron chi connectivity index (χ3n) is 2.70. The Balaban J connectivity index is 2.19. The molecular weight excluding hydrogens is 244 g/mol. The summed E-state index contributed by atoms with van der Waals surface area (Å²) in [5, 5.41) is 6.98. The van der Waals surface area contributed by atoms with Gasteiger partial charge in [0.1, 0.15) is 17.5 Å². The molecule has 7 nitrogen and oxygen atoms in total. The molecule has 0 aliphatic carbocycles. The second-order valence-electron chi connectivity index (χ2n) is 4.68. The van der Waals surface area contributed by atoms with Crippen LogP contribution in [0.4, 0.5) is 11.6 Å². The fraction of sp³-hybridized carbons (Fsp3) is 0.500. The fourth-order valence-electron chi connectivity index (χ4n) is 1.56. The molecule has 102 valence electrons. The summed E-state index contributed by atoms with van der Waals surface area (Å²) in [5.74, 6) is 3.26. The Morgan fingerprint density at radius 3 is 2.53 bits per heavy atom. The molecule has 0 atom stereocenters. The van der Waals surface area contributed by atoms with Crippen LogP contribution in [0.15, 0.2) is 4.52 Å². The van der Waals surface area contributed by atoms with Crippen LogP contribution in [0.2, 0.25) is 0 Å². The zero-order valence-electron chi connectivity index (χ0n) is 11.6. The third kappa shape index (κ3) is 2.98. The largest absolute Gasteiger partial charge is 0.383 e. The molecule has 0 radical (unpaired) electrons. The van der Waals surface area contributed by atoms with Crippen molar-refractivity contribution >= 4 is 11.6 Å². The fourth-order valence-corrected chi connectivity index (χ4v) is 1.56. The lowest BCUT2D eigenvalue weighted by Crippen LogP contribution is -2.11. The lowest BCUT2D eigenvalue weighted by Gasteiger charge is -2.12. The van der Waals surface area contributed by atoms with Gasteiger partial charge in [0, 0.05) is 18.4 Å². The summed E-state index contributed by atoms with van der Waals surface area (Å²) in [7, 11) is 0. The zero-order chi connectivity index (χ0) is 14.0. The minimum atomic E-state index is 0.218. The molecular formula is C12H18N6O. The summed E-state index contributed by atoms with van der Waals surface area (Å²) in [5.41, 5.74) is 6.72. The normalized spacial score (nSPS) is 11.0. The van der Waals surface area contributed by atoms with E-state index in [9.17, 15) is 0 Å². The van der Waals surface area contributed by atoms with Gasteiger partial charge in [0.05, 0.1) is 6.54 Å². The highest BCUT2D eigenvalue weighted by Crippen LogP contribution is 2.21. The van der Waals surface area contributed by atoms with Gasteiger partial charge in [0.15, 0.2) is 5.82 Å². The van der Waals surface area contributed by atoms with Crippen LogP contribution >= 0.6 is 0 Å². The van der Waals surface area contributed by atoms with E-state index in [1.54, 1.807) is 6.92 Å². The molecule has 0 saturated heterocycles. The Morgan fingerprint density at radius 1 is 1.21 bits per heavy atom. The predicted molar refractivity (Wildman–Crippen MR) is 71.6 cm³/mol. The quantitative estimate of drug-likeness (QED) is 0.865. The van der Waals surface area contributed by atoms with E-state index in [2.05, 4.69) is 25.4 Å². The Kier molecular flexibility index (Phi) is 3.64. The summed E-state index contributed by atoms with van der Waals surface area (Å²) in [4.78, 5) is 12.9. The van der Waals surface area contributed by atoms with Crippen molar-refractivity contribution in [1.29, 1.82) is 0 Å². The minimum absolute atomic E-state index is 0.218. The first-order valence-electron chi connectivity index (χ1n) is 6.14. The van der Waals surface area contributed by atoms with Gasteiger partial charge in [-0.3, -0.25) is 0 Å². The van der Waals surface area contributed by atoms with Crippen molar-refractivity contribution in [2.45, 2.75) is 40.2 Å². The van der Waals surface area contributed by atoms with Gasteiger partial charge in [-0.1, -0.05) is 19.0 Å². The van der Waals surface area contributed by atoms with E-state index in [4.69, 9.17) is 10.3 Å². The number of nitrogen functional groups attached to an aromatic ring is 1. The summed E-state index contributed by atoms with van der Waals surface area (Å²) >= 11 is 0. The first kappa shape index (κ1) is 13.3. The molecule has 0 bridgehead atoms. The number of nitrogens with one attached hydrogen (secondary N) is 1. The van der Waals surface area contributed by atoms with Crippen LogP contribution in [0.25, 0.3) is 0 Å². The molecule has 0 unspecified atom stereocenters. The third-order valence-corrected chi connectivity index (χ3v) is 2.70. The van der Waals surface area contributed by atoms with Gasteiger partial charge >= 0.3 is 0 Å². The molecule has 0 saturated carbocycles. The van der Waals surface area contributed by atoms with Crippen LogP contribution in [0.1, 0.15) is 42.9 Å². The molecule has 2 rings (SSSR count).